The first-order chi connectivity index (χ1) is 32.4. The van der Waals surface area contributed by atoms with E-state index < -0.39 is 6.10 Å². The molecule has 0 fully saturated rings. The van der Waals surface area contributed by atoms with Crippen LogP contribution in [0.5, 0.6) is 0 Å². The molecule has 0 N–H and O–H groups in total. The van der Waals surface area contributed by atoms with Crippen LogP contribution < -0.4 is 0 Å². The first-order valence-electron chi connectivity index (χ1n) is 29.9. The molecule has 0 bridgehead atoms. The molecule has 6 heteroatoms. The zero-order chi connectivity index (χ0) is 48.1. The van der Waals surface area contributed by atoms with E-state index in [0.29, 0.717) is 19.3 Å². The highest BCUT2D eigenvalue weighted by atomic mass is 16.6. The maximum atomic E-state index is 12.9. The smallest absolute Gasteiger partial charge is 0.306 e. The predicted octanol–water partition coefficient (Wildman–Crippen LogP) is 19.8. The molecule has 0 aliphatic carbocycles. The van der Waals surface area contributed by atoms with E-state index in [1.807, 2.05) is 0 Å². The molecule has 0 heterocycles. The standard InChI is InChI=1S/C60H116O6/c1-5-8-10-12-14-16-18-20-28-32-36-40-44-48-52-59(62)65-55-57(54-64-58(61)51-47-43-39-35-31-19-17-15-13-11-9-6-2)66-60(63)53-49-45-41-37-33-29-26-24-22-21-23-25-27-30-34-38-42-46-50-56(4)7-3/h56-57H,5-55H2,1-4H3/t56?,57-/m0/s1. The first kappa shape index (κ1) is 64.4. The summed E-state index contributed by atoms with van der Waals surface area (Å²) in [5.41, 5.74) is 0. The van der Waals surface area contributed by atoms with Crippen LogP contribution in [-0.2, 0) is 28.6 Å². The lowest BCUT2D eigenvalue weighted by Gasteiger charge is -2.18. The lowest BCUT2D eigenvalue weighted by Crippen LogP contribution is -2.30. The van der Waals surface area contributed by atoms with Gasteiger partial charge in [0.25, 0.3) is 0 Å². The first-order valence-corrected chi connectivity index (χ1v) is 29.9. The number of hydrogen-bond donors (Lipinski definition) is 0. The normalized spacial score (nSPS) is 12.4. The van der Waals surface area contributed by atoms with Gasteiger partial charge in [-0.05, 0) is 25.2 Å². The summed E-state index contributed by atoms with van der Waals surface area (Å²) in [5, 5.41) is 0. The van der Waals surface area contributed by atoms with Crippen molar-refractivity contribution in [2.45, 2.75) is 348 Å². The summed E-state index contributed by atoms with van der Waals surface area (Å²) in [5.74, 6) is 0.0756. The Balaban J connectivity index is 4.23. The Hall–Kier alpha value is -1.59. The van der Waals surface area contributed by atoms with Crippen molar-refractivity contribution in [3.05, 3.63) is 0 Å². The third kappa shape index (κ3) is 51.8. The molecule has 0 amide bonds. The number of rotatable bonds is 55. The van der Waals surface area contributed by atoms with Gasteiger partial charge in [-0.25, -0.2) is 0 Å². The van der Waals surface area contributed by atoms with Crippen LogP contribution in [-0.4, -0.2) is 37.2 Å². The second-order valence-corrected chi connectivity index (χ2v) is 20.9. The molecular formula is C60H116O6. The lowest BCUT2D eigenvalue weighted by atomic mass is 9.99. The average molecular weight is 934 g/mol. The van der Waals surface area contributed by atoms with Crippen molar-refractivity contribution in [1.82, 2.24) is 0 Å². The fourth-order valence-corrected chi connectivity index (χ4v) is 9.25. The topological polar surface area (TPSA) is 78.9 Å². The second kappa shape index (κ2) is 54.4. The number of esters is 3. The van der Waals surface area contributed by atoms with Crippen molar-refractivity contribution in [1.29, 1.82) is 0 Å². The van der Waals surface area contributed by atoms with Crippen LogP contribution in [0.4, 0.5) is 0 Å². The summed E-state index contributed by atoms with van der Waals surface area (Å²) in [6.07, 6.45) is 59.5. The second-order valence-electron chi connectivity index (χ2n) is 20.9. The number of unbranched alkanes of at least 4 members (excludes halogenated alkanes) is 41. The monoisotopic (exact) mass is 933 g/mol. The van der Waals surface area contributed by atoms with Gasteiger partial charge in [0.15, 0.2) is 6.10 Å². The zero-order valence-electron chi connectivity index (χ0n) is 45.2. The third-order valence-corrected chi connectivity index (χ3v) is 14.2. The molecule has 0 radical (unpaired) electrons. The van der Waals surface area contributed by atoms with Crippen LogP contribution in [0.3, 0.4) is 0 Å². The molecule has 1 unspecified atom stereocenters. The van der Waals surface area contributed by atoms with E-state index in [2.05, 4.69) is 27.7 Å². The molecule has 6 nitrogen and oxygen atoms in total. The van der Waals surface area contributed by atoms with Crippen molar-refractivity contribution in [2.75, 3.05) is 13.2 Å². The van der Waals surface area contributed by atoms with Gasteiger partial charge in [-0.2, -0.15) is 0 Å². The Morgan fingerprint density at radius 3 is 0.788 bits per heavy atom. The maximum absolute atomic E-state index is 12.9. The molecule has 0 aliphatic rings. The van der Waals surface area contributed by atoms with E-state index in [9.17, 15) is 14.4 Å². The Morgan fingerprint density at radius 1 is 0.303 bits per heavy atom. The fraction of sp³-hybridized carbons (Fsp3) is 0.950. The highest BCUT2D eigenvalue weighted by molar-refractivity contribution is 5.71. The molecule has 66 heavy (non-hydrogen) atoms. The van der Waals surface area contributed by atoms with Gasteiger partial charge in [0, 0.05) is 19.3 Å². The Bertz CT molecular complexity index is 998. The molecule has 2 atom stereocenters. The summed E-state index contributed by atoms with van der Waals surface area (Å²) < 4.78 is 16.9. The minimum absolute atomic E-state index is 0.0616. The Labute approximate surface area is 412 Å². The van der Waals surface area contributed by atoms with E-state index in [-0.39, 0.29) is 31.1 Å². The Morgan fingerprint density at radius 2 is 0.530 bits per heavy atom. The highest BCUT2D eigenvalue weighted by Gasteiger charge is 2.19. The van der Waals surface area contributed by atoms with E-state index in [1.165, 1.54) is 238 Å². The van der Waals surface area contributed by atoms with Crippen LogP contribution >= 0.6 is 0 Å². The maximum Gasteiger partial charge on any atom is 0.306 e. The molecule has 0 aromatic rings. The summed E-state index contributed by atoms with van der Waals surface area (Å²) in [6.45, 7) is 9.11. The number of ether oxygens (including phenoxy) is 3. The van der Waals surface area contributed by atoms with Crippen LogP contribution in [0.25, 0.3) is 0 Å². The zero-order valence-corrected chi connectivity index (χ0v) is 45.2. The van der Waals surface area contributed by atoms with Crippen molar-refractivity contribution < 1.29 is 28.6 Å². The third-order valence-electron chi connectivity index (χ3n) is 14.2. The SMILES string of the molecule is CCCCCCCCCCCCCCCCC(=O)OC[C@H](COC(=O)CCCCCCCCCCCCCC)OC(=O)CCCCCCCCCCCCCCCCCCCCC(C)CC. The van der Waals surface area contributed by atoms with Crippen molar-refractivity contribution >= 4 is 17.9 Å². The highest BCUT2D eigenvalue weighted by Crippen LogP contribution is 2.19. The van der Waals surface area contributed by atoms with Gasteiger partial charge in [-0.15, -0.1) is 0 Å². The summed E-state index contributed by atoms with van der Waals surface area (Å²) in [4.78, 5) is 38.1. The lowest BCUT2D eigenvalue weighted by molar-refractivity contribution is -0.167. The van der Waals surface area contributed by atoms with E-state index in [4.69, 9.17) is 14.2 Å². The largest absolute Gasteiger partial charge is 0.462 e. The molecule has 0 saturated heterocycles. The summed E-state index contributed by atoms with van der Waals surface area (Å²) in [7, 11) is 0. The molecule has 0 saturated carbocycles. The Kier molecular flexibility index (Phi) is 53.0. The minimum Gasteiger partial charge on any atom is -0.462 e. The van der Waals surface area contributed by atoms with Gasteiger partial charge in [0.05, 0.1) is 0 Å². The van der Waals surface area contributed by atoms with Gasteiger partial charge < -0.3 is 14.2 Å². The summed E-state index contributed by atoms with van der Waals surface area (Å²) in [6, 6.07) is 0. The predicted molar refractivity (Wildman–Crippen MR) is 284 cm³/mol. The number of hydrogen-bond acceptors (Lipinski definition) is 6. The van der Waals surface area contributed by atoms with Crippen LogP contribution in [0, 0.1) is 5.92 Å². The summed E-state index contributed by atoms with van der Waals surface area (Å²) >= 11 is 0. The fourth-order valence-electron chi connectivity index (χ4n) is 9.25. The van der Waals surface area contributed by atoms with Crippen molar-refractivity contribution in [3.63, 3.8) is 0 Å². The van der Waals surface area contributed by atoms with E-state index in [1.54, 1.807) is 0 Å². The van der Waals surface area contributed by atoms with E-state index in [0.717, 1.165) is 63.7 Å². The van der Waals surface area contributed by atoms with E-state index >= 15 is 0 Å². The van der Waals surface area contributed by atoms with Crippen LogP contribution in [0.1, 0.15) is 342 Å². The average Bonchev–Trinajstić information content (AvgIpc) is 3.32. The van der Waals surface area contributed by atoms with Gasteiger partial charge in [0.2, 0.25) is 0 Å². The van der Waals surface area contributed by atoms with Gasteiger partial charge in [-0.1, -0.05) is 304 Å². The molecule has 0 aliphatic heterocycles. The van der Waals surface area contributed by atoms with Crippen LogP contribution in [0.15, 0.2) is 0 Å². The molecular weight excluding hydrogens is 817 g/mol. The van der Waals surface area contributed by atoms with Gasteiger partial charge >= 0.3 is 17.9 Å². The number of carbonyl (C=O) groups is 3. The number of carbonyl (C=O) groups excluding carboxylic acids is 3. The molecule has 0 spiro atoms. The molecule has 0 rings (SSSR count). The minimum atomic E-state index is -0.761. The van der Waals surface area contributed by atoms with Crippen LogP contribution in [0.2, 0.25) is 0 Å². The van der Waals surface area contributed by atoms with Crippen molar-refractivity contribution in [2.24, 2.45) is 5.92 Å². The molecule has 0 aromatic carbocycles. The quantitative estimate of drug-likeness (QED) is 0.0343. The van der Waals surface area contributed by atoms with Gasteiger partial charge in [-0.3, -0.25) is 14.4 Å². The molecule has 392 valence electrons. The van der Waals surface area contributed by atoms with Crippen molar-refractivity contribution in [3.8, 4) is 0 Å². The molecule has 0 aromatic heterocycles. The van der Waals surface area contributed by atoms with Gasteiger partial charge in [0.1, 0.15) is 13.2 Å².